The number of hydrogen-bond acceptors (Lipinski definition) is 5. The zero-order chi connectivity index (χ0) is 29.3. The first-order valence-corrected chi connectivity index (χ1v) is 15.7. The average Bonchev–Trinajstić information content (AvgIpc) is 3.23. The third-order valence-electron chi connectivity index (χ3n) is 8.41. The summed E-state index contributed by atoms with van der Waals surface area (Å²) in [5.74, 6) is 1.21. The lowest BCUT2D eigenvalue weighted by Gasteiger charge is -2.35. The second-order valence-electron chi connectivity index (χ2n) is 12.9. The number of carbonyl (C=O) groups excluding carboxylic acids is 1. The summed E-state index contributed by atoms with van der Waals surface area (Å²) >= 11 is 0. The lowest BCUT2D eigenvalue weighted by atomic mass is 9.71. The molecule has 218 valence electrons. The summed E-state index contributed by atoms with van der Waals surface area (Å²) < 4.78 is 23.0. The molecule has 3 heterocycles. The fourth-order valence-electron chi connectivity index (χ4n) is 6.51. The Kier molecular flexibility index (Phi) is 8.50. The Morgan fingerprint density at radius 3 is 2.46 bits per heavy atom. The van der Waals surface area contributed by atoms with Gasteiger partial charge in [-0.1, -0.05) is 51.1 Å². The Morgan fingerprint density at radius 1 is 1.05 bits per heavy atom. The zero-order valence-electron chi connectivity index (χ0n) is 25.1. The van der Waals surface area contributed by atoms with Crippen LogP contribution in [0.1, 0.15) is 56.7 Å². The molecule has 7 nitrogen and oxygen atoms in total. The molecule has 3 aromatic rings. The number of aryl methyl sites for hydroxylation is 3. The van der Waals surface area contributed by atoms with E-state index in [0.29, 0.717) is 17.4 Å². The maximum Gasteiger partial charge on any atom is 0.238 e. The van der Waals surface area contributed by atoms with Crippen LogP contribution in [0.4, 0.5) is 5.95 Å². The van der Waals surface area contributed by atoms with Crippen LogP contribution < -0.4 is 9.46 Å². The van der Waals surface area contributed by atoms with Crippen molar-refractivity contribution in [1.29, 1.82) is 0 Å². The molecule has 0 aliphatic carbocycles. The third kappa shape index (κ3) is 6.80. The summed E-state index contributed by atoms with van der Waals surface area (Å²) in [7, 11) is 0.356. The van der Waals surface area contributed by atoms with Crippen LogP contribution in [0, 0.1) is 37.0 Å². The Balaban J connectivity index is 1.61. The van der Waals surface area contributed by atoms with Crippen molar-refractivity contribution in [2.75, 3.05) is 24.9 Å². The molecule has 0 spiro atoms. The predicted octanol–water partition coefficient (Wildman–Crippen LogP) is 6.37. The Morgan fingerprint density at radius 2 is 1.78 bits per heavy atom. The molecular formula is C33H42N4O3S. The topological polar surface area (TPSA) is 84.4 Å². The predicted molar refractivity (Wildman–Crippen MR) is 164 cm³/mol. The maximum absolute atomic E-state index is 13.4. The van der Waals surface area contributed by atoms with E-state index in [-0.39, 0.29) is 35.0 Å². The number of anilines is 1. The molecule has 8 heteroatoms. The molecule has 1 N–H and O–H groups in total. The monoisotopic (exact) mass is 574 g/mol. The first-order chi connectivity index (χ1) is 19.5. The van der Waals surface area contributed by atoms with E-state index in [1.54, 1.807) is 0 Å². The van der Waals surface area contributed by atoms with Crippen LogP contribution >= 0.6 is 0 Å². The van der Waals surface area contributed by atoms with E-state index >= 15 is 0 Å². The van der Waals surface area contributed by atoms with Gasteiger partial charge in [-0.3, -0.25) is 9.52 Å². The van der Waals surface area contributed by atoms with Crippen LogP contribution in [0.2, 0.25) is 0 Å². The van der Waals surface area contributed by atoms with E-state index in [0.717, 1.165) is 60.2 Å². The number of ether oxygens (including phenoxy) is 1. The van der Waals surface area contributed by atoms with Crippen LogP contribution in [-0.4, -0.2) is 45.2 Å². The lowest BCUT2D eigenvalue weighted by molar-refractivity contribution is -0.132. The summed E-state index contributed by atoms with van der Waals surface area (Å²) in [6.45, 7) is 12.1. The second-order valence-corrected chi connectivity index (χ2v) is 14.1. The van der Waals surface area contributed by atoms with Gasteiger partial charge in [0.1, 0.15) is 0 Å². The van der Waals surface area contributed by atoms with Gasteiger partial charge in [0, 0.05) is 31.1 Å². The van der Waals surface area contributed by atoms with Gasteiger partial charge in [-0.15, -0.1) is 0 Å². The quantitative estimate of drug-likeness (QED) is 0.393. The van der Waals surface area contributed by atoms with Crippen molar-refractivity contribution in [2.45, 2.75) is 65.2 Å². The average molecular weight is 575 g/mol. The molecule has 2 aromatic carbocycles. The Hall–Kier alpha value is -3.26. The highest BCUT2D eigenvalue weighted by atomic mass is 32.2. The molecule has 1 amide bonds. The molecule has 0 radical (unpaired) electrons. The van der Waals surface area contributed by atoms with Gasteiger partial charge in [0.2, 0.25) is 17.7 Å². The van der Waals surface area contributed by atoms with Gasteiger partial charge in [0.05, 0.1) is 17.2 Å². The van der Waals surface area contributed by atoms with E-state index in [1.165, 1.54) is 0 Å². The van der Waals surface area contributed by atoms with Gasteiger partial charge in [0.15, 0.2) is 11.0 Å². The van der Waals surface area contributed by atoms with Gasteiger partial charge < -0.3 is 9.64 Å². The van der Waals surface area contributed by atoms with Gasteiger partial charge >= 0.3 is 0 Å². The molecule has 2 aliphatic rings. The first kappa shape index (κ1) is 29.2. The van der Waals surface area contributed by atoms with Crippen LogP contribution in [-0.2, 0) is 22.2 Å². The van der Waals surface area contributed by atoms with Crippen LogP contribution in [0.25, 0.3) is 11.3 Å². The van der Waals surface area contributed by atoms with Crippen molar-refractivity contribution in [1.82, 2.24) is 14.9 Å². The minimum atomic E-state index is -1.55. The van der Waals surface area contributed by atoms with Gasteiger partial charge in [0.25, 0.3) is 0 Å². The number of likely N-dealkylation sites (tertiary alicyclic amines) is 1. The standard InChI is InChI=1S/C33H42N4O3S/c1-21-9-7-10-22(2)30(21)28-18-29-35-32(34-28)36-41(39)25-12-8-11-23(17-25)13-14-26(27-15-16-37(6)31(27)38)24(20-40-29)19-33(3,4)5/h7-12,17-18,24,26-27H,13-16,19-20H2,1-6H3,(H,34,35,36)/t24-,26?,27?,41?/m1/s1. The SMILES string of the molecule is Cc1cccc(C)c1-c1cc2nc(n1)NS(=O)c1cccc(c1)CCC(C1CCN(C)C1=O)[C@H](CC(C)(C)C)CO2. The fourth-order valence-corrected chi connectivity index (χ4v) is 7.34. The molecule has 1 fully saturated rings. The summed E-state index contributed by atoms with van der Waals surface area (Å²) in [6, 6.07) is 15.9. The number of carbonyl (C=O) groups is 1. The number of nitrogens with one attached hydrogen (secondary N) is 1. The number of nitrogens with zero attached hydrogens (tertiary/aromatic N) is 3. The highest BCUT2D eigenvalue weighted by Crippen LogP contribution is 2.40. The van der Waals surface area contributed by atoms with E-state index in [2.05, 4.69) is 62.5 Å². The summed E-state index contributed by atoms with van der Waals surface area (Å²) in [5, 5.41) is 0. The molecule has 5 rings (SSSR count). The Bertz CT molecular complexity index is 1430. The van der Waals surface area contributed by atoms with Gasteiger partial charge in [-0.25, -0.2) is 9.19 Å². The minimum Gasteiger partial charge on any atom is -0.477 e. The number of hydrogen-bond donors (Lipinski definition) is 1. The molecule has 1 aromatic heterocycles. The highest BCUT2D eigenvalue weighted by molar-refractivity contribution is 7.86. The second kappa shape index (κ2) is 11.9. The van der Waals surface area contributed by atoms with Crippen molar-refractivity contribution < 1.29 is 13.7 Å². The maximum atomic E-state index is 13.4. The van der Waals surface area contributed by atoms with E-state index < -0.39 is 11.0 Å². The molecule has 4 bridgehead atoms. The molecular weight excluding hydrogens is 532 g/mol. The number of aromatic nitrogens is 2. The van der Waals surface area contributed by atoms with Crippen molar-refractivity contribution in [3.8, 4) is 17.1 Å². The Labute approximate surface area is 246 Å². The number of fused-ring (bicyclic) bond motifs is 4. The first-order valence-electron chi connectivity index (χ1n) is 14.6. The van der Waals surface area contributed by atoms with Crippen LogP contribution in [0.5, 0.6) is 5.88 Å². The van der Waals surface area contributed by atoms with Crippen molar-refractivity contribution in [2.24, 2.45) is 23.2 Å². The third-order valence-corrected chi connectivity index (χ3v) is 9.46. The normalized spacial score (nSPS) is 23.5. The van der Waals surface area contributed by atoms with E-state index in [1.807, 2.05) is 42.3 Å². The van der Waals surface area contributed by atoms with Gasteiger partial charge in [-0.05, 0) is 85.6 Å². The number of amides is 1. The molecule has 0 saturated carbocycles. The number of rotatable bonds is 3. The fraction of sp³-hybridized carbons (Fsp3) is 0.485. The van der Waals surface area contributed by atoms with Crippen molar-refractivity contribution in [3.63, 3.8) is 0 Å². The van der Waals surface area contributed by atoms with Crippen LogP contribution in [0.3, 0.4) is 0 Å². The minimum absolute atomic E-state index is 0.0334. The largest absolute Gasteiger partial charge is 0.477 e. The van der Waals surface area contributed by atoms with Crippen LogP contribution in [0.15, 0.2) is 53.4 Å². The van der Waals surface area contributed by atoms with E-state index in [4.69, 9.17) is 9.72 Å². The molecule has 4 atom stereocenters. The molecule has 2 aliphatic heterocycles. The van der Waals surface area contributed by atoms with Gasteiger partial charge in [-0.2, -0.15) is 4.98 Å². The van der Waals surface area contributed by atoms with Crippen molar-refractivity contribution in [3.05, 3.63) is 65.2 Å². The summed E-state index contributed by atoms with van der Waals surface area (Å²) in [6.07, 6.45) is 3.46. The number of benzene rings is 2. The molecule has 41 heavy (non-hydrogen) atoms. The smallest absolute Gasteiger partial charge is 0.238 e. The summed E-state index contributed by atoms with van der Waals surface area (Å²) in [5.41, 5.74) is 5.10. The lowest BCUT2D eigenvalue weighted by Crippen LogP contribution is -2.35. The highest BCUT2D eigenvalue weighted by Gasteiger charge is 2.40. The van der Waals surface area contributed by atoms with E-state index in [9.17, 15) is 9.00 Å². The molecule has 3 unspecified atom stereocenters. The zero-order valence-corrected chi connectivity index (χ0v) is 25.9. The van der Waals surface area contributed by atoms with Crippen molar-refractivity contribution >= 4 is 22.8 Å². The molecule has 1 saturated heterocycles. The summed E-state index contributed by atoms with van der Waals surface area (Å²) in [4.78, 5) is 25.3.